The van der Waals surface area contributed by atoms with E-state index >= 15 is 0 Å². The maximum atomic E-state index is 12.5. The summed E-state index contributed by atoms with van der Waals surface area (Å²) in [5.74, 6) is 0.553. The van der Waals surface area contributed by atoms with E-state index in [0.29, 0.717) is 11.5 Å². The van der Waals surface area contributed by atoms with E-state index in [1.807, 2.05) is 43.3 Å². The van der Waals surface area contributed by atoms with Crippen molar-refractivity contribution in [2.24, 2.45) is 5.92 Å². The molecule has 1 aromatic rings. The second-order valence-corrected chi connectivity index (χ2v) is 6.02. The van der Waals surface area contributed by atoms with Gasteiger partial charge < -0.3 is 9.80 Å². The molecule has 0 radical (unpaired) electrons. The molecule has 0 spiro atoms. The van der Waals surface area contributed by atoms with Crippen molar-refractivity contribution in [3.05, 3.63) is 29.8 Å². The molecule has 0 fully saturated rings. The summed E-state index contributed by atoms with van der Waals surface area (Å²) < 4.78 is 0. The molecule has 1 rings (SSSR count). The number of nitrogens with zero attached hydrogens (tertiary/aromatic N) is 2. The van der Waals surface area contributed by atoms with E-state index in [9.17, 15) is 4.79 Å². The van der Waals surface area contributed by atoms with Gasteiger partial charge in [-0.15, -0.1) is 12.6 Å². The van der Waals surface area contributed by atoms with Crippen molar-refractivity contribution in [3.8, 4) is 0 Å². The van der Waals surface area contributed by atoms with Gasteiger partial charge in [-0.2, -0.15) is 0 Å². The van der Waals surface area contributed by atoms with Crippen molar-refractivity contribution >= 4 is 18.5 Å². The Morgan fingerprint density at radius 1 is 1.26 bits per heavy atom. The predicted molar refractivity (Wildman–Crippen MR) is 83.0 cm³/mol. The van der Waals surface area contributed by atoms with Crippen LogP contribution in [-0.2, 0) is 0 Å². The molecule has 0 bridgehead atoms. The molecule has 0 aliphatic carbocycles. The van der Waals surface area contributed by atoms with E-state index in [-0.39, 0.29) is 5.91 Å². The normalized spacial score (nSPS) is 11.1. The highest BCUT2D eigenvalue weighted by atomic mass is 32.1. The van der Waals surface area contributed by atoms with Gasteiger partial charge in [0.2, 0.25) is 0 Å². The van der Waals surface area contributed by atoms with Crippen LogP contribution in [0.25, 0.3) is 0 Å². The van der Waals surface area contributed by atoms with Gasteiger partial charge in [-0.05, 0) is 38.2 Å². The quantitative estimate of drug-likeness (QED) is 0.810. The van der Waals surface area contributed by atoms with E-state index in [2.05, 4.69) is 31.4 Å². The van der Waals surface area contributed by atoms with Gasteiger partial charge in [0.15, 0.2) is 0 Å². The predicted octanol–water partition coefficient (Wildman–Crippen LogP) is 2.64. The summed E-state index contributed by atoms with van der Waals surface area (Å²) in [6.45, 7) is 6.67. The fourth-order valence-electron chi connectivity index (χ4n) is 1.86. The maximum Gasteiger partial charge on any atom is 0.253 e. The van der Waals surface area contributed by atoms with Crippen LogP contribution in [-0.4, -0.2) is 49.4 Å². The second-order valence-electron chi connectivity index (χ2n) is 5.50. The Kier molecular flexibility index (Phi) is 6.38. The number of carbonyl (C=O) groups is 1. The Bertz CT molecular complexity index is 418. The van der Waals surface area contributed by atoms with Crippen LogP contribution < -0.4 is 0 Å². The molecule has 3 nitrogen and oxygen atoms in total. The highest BCUT2D eigenvalue weighted by Gasteiger charge is 2.16. The van der Waals surface area contributed by atoms with Crippen molar-refractivity contribution in [1.82, 2.24) is 9.80 Å². The standard InChI is InChI=1S/C15H24N2OS/c1-12(2)11-17(9-8-16(3)4)15(18)13-6-5-7-14(19)10-13/h5-7,10,12,19H,8-9,11H2,1-4H3. The van der Waals surface area contributed by atoms with E-state index in [4.69, 9.17) is 0 Å². The maximum absolute atomic E-state index is 12.5. The fourth-order valence-corrected chi connectivity index (χ4v) is 2.08. The lowest BCUT2D eigenvalue weighted by atomic mass is 10.1. The lowest BCUT2D eigenvalue weighted by Crippen LogP contribution is -2.39. The molecule has 0 aliphatic heterocycles. The minimum atomic E-state index is 0.0893. The molecule has 0 aromatic heterocycles. The fraction of sp³-hybridized carbons (Fsp3) is 0.533. The van der Waals surface area contributed by atoms with Crippen LogP contribution in [0.5, 0.6) is 0 Å². The molecule has 4 heteroatoms. The molecular formula is C15H24N2OS. The smallest absolute Gasteiger partial charge is 0.253 e. The van der Waals surface area contributed by atoms with Gasteiger partial charge in [-0.25, -0.2) is 0 Å². The summed E-state index contributed by atoms with van der Waals surface area (Å²) in [5.41, 5.74) is 0.715. The zero-order valence-corrected chi connectivity index (χ0v) is 13.2. The first-order valence-corrected chi connectivity index (χ1v) is 7.08. The molecule has 0 unspecified atom stereocenters. The largest absolute Gasteiger partial charge is 0.337 e. The Morgan fingerprint density at radius 2 is 1.95 bits per heavy atom. The molecular weight excluding hydrogens is 256 g/mol. The first kappa shape index (κ1) is 16.1. The van der Waals surface area contributed by atoms with E-state index in [0.717, 1.165) is 24.5 Å². The van der Waals surface area contributed by atoms with Crippen molar-refractivity contribution in [1.29, 1.82) is 0 Å². The average Bonchev–Trinajstić information content (AvgIpc) is 2.33. The highest BCUT2D eigenvalue weighted by molar-refractivity contribution is 7.80. The van der Waals surface area contributed by atoms with Crippen LogP contribution in [0.4, 0.5) is 0 Å². The van der Waals surface area contributed by atoms with Gasteiger partial charge in [0, 0.05) is 30.1 Å². The minimum Gasteiger partial charge on any atom is -0.337 e. The van der Waals surface area contributed by atoms with Crippen molar-refractivity contribution in [2.75, 3.05) is 33.7 Å². The number of benzene rings is 1. The van der Waals surface area contributed by atoms with Gasteiger partial charge in [0.25, 0.3) is 5.91 Å². The topological polar surface area (TPSA) is 23.6 Å². The number of rotatable bonds is 6. The summed E-state index contributed by atoms with van der Waals surface area (Å²) in [6.07, 6.45) is 0. The molecule has 1 aromatic carbocycles. The van der Waals surface area contributed by atoms with Crippen LogP contribution in [0, 0.1) is 5.92 Å². The Hall–Kier alpha value is -1.00. The third kappa shape index (κ3) is 5.66. The number of carbonyl (C=O) groups excluding carboxylic acids is 1. The van der Waals surface area contributed by atoms with Gasteiger partial charge in [-0.1, -0.05) is 19.9 Å². The molecule has 0 saturated heterocycles. The lowest BCUT2D eigenvalue weighted by molar-refractivity contribution is 0.0724. The SMILES string of the molecule is CC(C)CN(CCN(C)C)C(=O)c1cccc(S)c1. The Balaban J connectivity index is 2.81. The van der Waals surface area contributed by atoms with Crippen molar-refractivity contribution in [3.63, 3.8) is 0 Å². The minimum absolute atomic E-state index is 0.0893. The molecule has 0 N–H and O–H groups in total. The number of hydrogen-bond acceptors (Lipinski definition) is 3. The van der Waals surface area contributed by atoms with Crippen LogP contribution >= 0.6 is 12.6 Å². The van der Waals surface area contributed by atoms with Crippen molar-refractivity contribution in [2.45, 2.75) is 18.7 Å². The first-order chi connectivity index (χ1) is 8.90. The number of thiol groups is 1. The number of hydrogen-bond donors (Lipinski definition) is 1. The third-order valence-electron chi connectivity index (χ3n) is 2.78. The second kappa shape index (κ2) is 7.56. The summed E-state index contributed by atoms with van der Waals surface area (Å²) in [6, 6.07) is 7.43. The molecule has 0 saturated carbocycles. The van der Waals surface area contributed by atoms with Crippen LogP contribution in [0.3, 0.4) is 0 Å². The zero-order valence-electron chi connectivity index (χ0n) is 12.3. The van der Waals surface area contributed by atoms with Crippen LogP contribution in [0.15, 0.2) is 29.2 Å². The molecule has 0 heterocycles. The molecule has 1 amide bonds. The molecule has 106 valence electrons. The lowest BCUT2D eigenvalue weighted by Gasteiger charge is -2.26. The van der Waals surface area contributed by atoms with Gasteiger partial charge in [0.05, 0.1) is 0 Å². The van der Waals surface area contributed by atoms with E-state index in [1.54, 1.807) is 0 Å². The van der Waals surface area contributed by atoms with Gasteiger partial charge >= 0.3 is 0 Å². The number of likely N-dealkylation sites (N-methyl/N-ethyl adjacent to an activating group) is 1. The first-order valence-electron chi connectivity index (χ1n) is 6.63. The molecule has 0 atom stereocenters. The van der Waals surface area contributed by atoms with Gasteiger partial charge in [-0.3, -0.25) is 4.79 Å². The summed E-state index contributed by atoms with van der Waals surface area (Å²) in [5, 5.41) is 0. The summed E-state index contributed by atoms with van der Waals surface area (Å²) in [4.78, 5) is 17.4. The van der Waals surface area contributed by atoms with Crippen LogP contribution in [0.1, 0.15) is 24.2 Å². The van der Waals surface area contributed by atoms with Gasteiger partial charge in [0.1, 0.15) is 0 Å². The monoisotopic (exact) mass is 280 g/mol. The Morgan fingerprint density at radius 3 is 2.47 bits per heavy atom. The van der Waals surface area contributed by atoms with Crippen molar-refractivity contribution < 1.29 is 4.79 Å². The molecule has 0 aliphatic rings. The highest BCUT2D eigenvalue weighted by Crippen LogP contribution is 2.12. The average molecular weight is 280 g/mol. The third-order valence-corrected chi connectivity index (χ3v) is 3.06. The zero-order chi connectivity index (χ0) is 14.4. The summed E-state index contributed by atoms with van der Waals surface area (Å²) >= 11 is 4.29. The van der Waals surface area contributed by atoms with Crippen LogP contribution in [0.2, 0.25) is 0 Å². The molecule has 19 heavy (non-hydrogen) atoms. The van der Waals surface area contributed by atoms with E-state index in [1.165, 1.54) is 0 Å². The summed E-state index contributed by atoms with van der Waals surface area (Å²) in [7, 11) is 4.04. The van der Waals surface area contributed by atoms with E-state index < -0.39 is 0 Å². The Labute approximate surface area is 122 Å². The number of amides is 1.